The molecule has 1 aromatic heterocycles. The second kappa shape index (κ2) is 5.06. The van der Waals surface area contributed by atoms with E-state index in [1.54, 1.807) is 12.1 Å². The van der Waals surface area contributed by atoms with Gasteiger partial charge >= 0.3 is 5.69 Å². The Bertz CT molecular complexity index is 857. The van der Waals surface area contributed by atoms with E-state index in [4.69, 9.17) is 0 Å². The second-order valence-corrected chi connectivity index (χ2v) is 5.83. The zero-order valence-corrected chi connectivity index (χ0v) is 11.7. The van der Waals surface area contributed by atoms with Gasteiger partial charge in [0.2, 0.25) is 5.52 Å². The van der Waals surface area contributed by atoms with Crippen LogP contribution in [0, 0.1) is 17.0 Å². The molecular formula is C13H9N3O4S. The van der Waals surface area contributed by atoms with Gasteiger partial charge in [-0.05, 0) is 35.4 Å². The van der Waals surface area contributed by atoms with Crippen molar-refractivity contribution in [2.45, 2.75) is 16.7 Å². The number of hydrogen-bond donors (Lipinski definition) is 0. The molecule has 0 radical (unpaired) electrons. The van der Waals surface area contributed by atoms with E-state index in [0.717, 1.165) is 5.56 Å². The minimum atomic E-state index is -1.51. The molecular weight excluding hydrogens is 294 g/mol. The third-order valence-corrected chi connectivity index (χ3v) is 4.42. The first-order valence-corrected chi connectivity index (χ1v) is 7.11. The predicted molar refractivity (Wildman–Crippen MR) is 74.3 cm³/mol. The summed E-state index contributed by atoms with van der Waals surface area (Å²) >= 11 is 0. The van der Waals surface area contributed by atoms with Gasteiger partial charge in [-0.2, -0.15) is 0 Å². The van der Waals surface area contributed by atoms with Crippen LogP contribution in [0.1, 0.15) is 5.56 Å². The summed E-state index contributed by atoms with van der Waals surface area (Å²) in [6, 6.07) is 9.85. The van der Waals surface area contributed by atoms with Crippen molar-refractivity contribution < 1.29 is 13.8 Å². The summed E-state index contributed by atoms with van der Waals surface area (Å²) < 4.78 is 17.1. The molecule has 0 aliphatic carbocycles. The Morgan fingerprint density at radius 2 is 1.76 bits per heavy atom. The van der Waals surface area contributed by atoms with Gasteiger partial charge in [0.05, 0.1) is 20.6 Å². The molecule has 7 nitrogen and oxygen atoms in total. The maximum atomic E-state index is 12.6. The summed E-state index contributed by atoms with van der Waals surface area (Å²) in [5.74, 6) is 0. The molecule has 1 heterocycles. The van der Waals surface area contributed by atoms with E-state index >= 15 is 0 Å². The second-order valence-electron chi connectivity index (χ2n) is 4.38. The first-order valence-electron chi connectivity index (χ1n) is 5.96. The highest BCUT2D eigenvalue weighted by molar-refractivity contribution is 7.85. The molecule has 21 heavy (non-hydrogen) atoms. The Morgan fingerprint density at radius 3 is 2.43 bits per heavy atom. The first kappa shape index (κ1) is 13.4. The lowest BCUT2D eigenvalue weighted by molar-refractivity contribution is -0.383. The molecule has 0 saturated carbocycles. The van der Waals surface area contributed by atoms with Crippen molar-refractivity contribution in [3.63, 3.8) is 0 Å². The summed E-state index contributed by atoms with van der Waals surface area (Å²) in [5, 5.41) is 18.1. The van der Waals surface area contributed by atoms with E-state index in [9.17, 15) is 14.3 Å². The van der Waals surface area contributed by atoms with Crippen LogP contribution in [0.25, 0.3) is 11.0 Å². The highest BCUT2D eigenvalue weighted by Gasteiger charge is 2.22. The molecule has 0 N–H and O–H groups in total. The number of benzene rings is 2. The molecule has 1 atom stereocenters. The van der Waals surface area contributed by atoms with Crippen molar-refractivity contribution in [3.05, 3.63) is 52.1 Å². The Labute approximate surface area is 121 Å². The lowest BCUT2D eigenvalue weighted by atomic mass is 10.2. The van der Waals surface area contributed by atoms with E-state index in [0.29, 0.717) is 9.79 Å². The van der Waals surface area contributed by atoms with Gasteiger partial charge in [0.25, 0.3) is 0 Å². The fraction of sp³-hybridized carbons (Fsp3) is 0.0769. The average molecular weight is 303 g/mol. The van der Waals surface area contributed by atoms with Gasteiger partial charge in [-0.15, -0.1) is 0 Å². The lowest BCUT2D eigenvalue weighted by Crippen LogP contribution is -1.97. The average Bonchev–Trinajstić information content (AvgIpc) is 2.95. The highest BCUT2D eigenvalue weighted by Crippen LogP contribution is 2.29. The fourth-order valence-corrected chi connectivity index (χ4v) is 3.05. The SMILES string of the molecule is Cc1ccc([S@](=O)c2ccc([N+](=O)[O-])c3nonc23)cc1. The molecule has 0 unspecified atom stereocenters. The van der Waals surface area contributed by atoms with E-state index in [2.05, 4.69) is 14.9 Å². The molecule has 0 bridgehead atoms. The van der Waals surface area contributed by atoms with Crippen LogP contribution < -0.4 is 0 Å². The van der Waals surface area contributed by atoms with Crippen LogP contribution in [0.5, 0.6) is 0 Å². The van der Waals surface area contributed by atoms with Crippen LogP contribution >= 0.6 is 0 Å². The van der Waals surface area contributed by atoms with E-state index in [1.165, 1.54) is 12.1 Å². The van der Waals surface area contributed by atoms with Gasteiger partial charge in [0.15, 0.2) is 5.52 Å². The fourth-order valence-electron chi connectivity index (χ4n) is 1.92. The van der Waals surface area contributed by atoms with Crippen LogP contribution in [0.4, 0.5) is 5.69 Å². The first-order chi connectivity index (χ1) is 10.1. The zero-order valence-electron chi connectivity index (χ0n) is 10.8. The minimum absolute atomic E-state index is 0.00189. The quantitative estimate of drug-likeness (QED) is 0.544. The van der Waals surface area contributed by atoms with Gasteiger partial charge in [-0.3, -0.25) is 10.1 Å². The number of non-ortho nitro benzene ring substituents is 1. The molecule has 0 amide bonds. The Balaban J connectivity index is 2.15. The number of hydrogen-bond acceptors (Lipinski definition) is 6. The van der Waals surface area contributed by atoms with Crippen molar-refractivity contribution in [2.75, 3.05) is 0 Å². The maximum absolute atomic E-state index is 12.6. The topological polar surface area (TPSA) is 99.1 Å². The lowest BCUT2D eigenvalue weighted by Gasteiger charge is -2.03. The standard InChI is InChI=1S/C13H9N3O4S/c1-8-2-4-9(5-3-8)21(19)11-7-6-10(16(17)18)12-13(11)15-20-14-12/h2-7H,1H3/t21-/m0/s1. The van der Waals surface area contributed by atoms with Crippen LogP contribution in [-0.2, 0) is 10.8 Å². The Hall–Kier alpha value is -2.61. The van der Waals surface area contributed by atoms with Crippen LogP contribution in [-0.4, -0.2) is 19.4 Å². The smallest absolute Gasteiger partial charge is 0.258 e. The maximum Gasteiger partial charge on any atom is 0.300 e. The third kappa shape index (κ3) is 2.29. The van der Waals surface area contributed by atoms with Gasteiger partial charge in [-0.1, -0.05) is 17.7 Å². The van der Waals surface area contributed by atoms with E-state index in [-0.39, 0.29) is 16.7 Å². The summed E-state index contributed by atoms with van der Waals surface area (Å²) in [5.41, 5.74) is 0.963. The van der Waals surface area contributed by atoms with Crippen LogP contribution in [0.15, 0.2) is 50.8 Å². The summed E-state index contributed by atoms with van der Waals surface area (Å²) in [6.07, 6.45) is 0. The van der Waals surface area contributed by atoms with Crippen molar-refractivity contribution in [1.82, 2.24) is 10.3 Å². The minimum Gasteiger partial charge on any atom is -0.258 e. The van der Waals surface area contributed by atoms with Gasteiger partial charge in [-0.25, -0.2) is 8.84 Å². The normalized spacial score (nSPS) is 12.4. The molecule has 0 fully saturated rings. The Morgan fingerprint density at radius 1 is 1.10 bits per heavy atom. The molecule has 0 aliphatic rings. The van der Waals surface area contributed by atoms with Crippen molar-refractivity contribution in [1.29, 1.82) is 0 Å². The summed E-state index contributed by atoms with van der Waals surface area (Å²) in [6.45, 7) is 1.93. The molecule has 3 aromatic rings. The van der Waals surface area contributed by atoms with Gasteiger partial charge in [0, 0.05) is 11.0 Å². The molecule has 106 valence electrons. The molecule has 0 saturated heterocycles. The molecule has 8 heteroatoms. The van der Waals surface area contributed by atoms with Crippen molar-refractivity contribution in [2.24, 2.45) is 0 Å². The van der Waals surface area contributed by atoms with E-state index < -0.39 is 15.7 Å². The number of rotatable bonds is 3. The number of nitro groups is 1. The zero-order chi connectivity index (χ0) is 15.0. The number of nitro benzene ring substituents is 1. The predicted octanol–water partition coefficient (Wildman–Crippen LogP) is 2.61. The third-order valence-electron chi connectivity index (χ3n) is 2.99. The van der Waals surface area contributed by atoms with Crippen LogP contribution in [0.3, 0.4) is 0 Å². The van der Waals surface area contributed by atoms with E-state index in [1.807, 2.05) is 19.1 Å². The van der Waals surface area contributed by atoms with Crippen molar-refractivity contribution in [3.8, 4) is 0 Å². The number of aryl methyl sites for hydroxylation is 1. The number of nitrogens with zero attached hydrogens (tertiary/aromatic N) is 3. The van der Waals surface area contributed by atoms with Gasteiger partial charge < -0.3 is 0 Å². The molecule has 2 aromatic carbocycles. The highest BCUT2D eigenvalue weighted by atomic mass is 32.2. The monoisotopic (exact) mass is 303 g/mol. The Kier molecular flexibility index (Phi) is 3.22. The molecule has 0 aliphatic heterocycles. The largest absolute Gasteiger partial charge is 0.300 e. The molecule has 0 spiro atoms. The summed E-state index contributed by atoms with van der Waals surface area (Å²) in [4.78, 5) is 11.3. The summed E-state index contributed by atoms with van der Waals surface area (Å²) in [7, 11) is -1.51. The van der Waals surface area contributed by atoms with Crippen LogP contribution in [0.2, 0.25) is 0 Å². The number of aromatic nitrogens is 2. The molecule has 3 rings (SSSR count). The van der Waals surface area contributed by atoms with Gasteiger partial charge in [0.1, 0.15) is 0 Å². The number of fused-ring (bicyclic) bond motifs is 1. The van der Waals surface area contributed by atoms with Crippen molar-refractivity contribution >= 4 is 27.5 Å².